The number of nitro groups is 1. The third-order valence-corrected chi connectivity index (χ3v) is 2.86. The summed E-state index contributed by atoms with van der Waals surface area (Å²) < 4.78 is 40.5. The standard InChI is InChI=1S/C14H8F3NO3/c15-11-2-1-3-12(16)10(11)7-14(19)9-5-4-8(18(20)21)6-13(9)17/h1-6H,7H2. The van der Waals surface area contributed by atoms with Gasteiger partial charge in [-0.3, -0.25) is 14.9 Å². The lowest BCUT2D eigenvalue weighted by Gasteiger charge is -2.05. The Morgan fingerprint density at radius 3 is 2.19 bits per heavy atom. The first-order valence-electron chi connectivity index (χ1n) is 5.80. The van der Waals surface area contributed by atoms with Crippen LogP contribution in [-0.2, 0) is 6.42 Å². The van der Waals surface area contributed by atoms with Gasteiger partial charge in [0.2, 0.25) is 0 Å². The van der Waals surface area contributed by atoms with Crippen molar-refractivity contribution in [1.82, 2.24) is 0 Å². The predicted octanol–water partition coefficient (Wildman–Crippen LogP) is 3.44. The number of halogens is 3. The number of non-ortho nitro benzene ring substituents is 1. The van der Waals surface area contributed by atoms with E-state index in [9.17, 15) is 28.1 Å². The summed E-state index contributed by atoms with van der Waals surface area (Å²) >= 11 is 0. The number of carbonyl (C=O) groups is 1. The fraction of sp³-hybridized carbons (Fsp3) is 0.0714. The van der Waals surface area contributed by atoms with Crippen molar-refractivity contribution in [3.05, 3.63) is 75.1 Å². The first-order valence-corrected chi connectivity index (χ1v) is 5.80. The molecular weight excluding hydrogens is 287 g/mol. The summed E-state index contributed by atoms with van der Waals surface area (Å²) in [4.78, 5) is 21.5. The largest absolute Gasteiger partial charge is 0.294 e. The highest BCUT2D eigenvalue weighted by Crippen LogP contribution is 2.20. The molecular formula is C14H8F3NO3. The lowest BCUT2D eigenvalue weighted by atomic mass is 10.0. The molecule has 108 valence electrons. The Bertz CT molecular complexity index is 711. The van der Waals surface area contributed by atoms with Crippen LogP contribution in [0.4, 0.5) is 18.9 Å². The molecule has 0 aliphatic carbocycles. The maximum atomic E-state index is 13.7. The Hall–Kier alpha value is -2.70. The smallest absolute Gasteiger partial charge is 0.272 e. The number of ketones is 1. The lowest BCUT2D eigenvalue weighted by molar-refractivity contribution is -0.385. The van der Waals surface area contributed by atoms with Crippen molar-refractivity contribution in [3.63, 3.8) is 0 Å². The summed E-state index contributed by atoms with van der Waals surface area (Å²) in [7, 11) is 0. The molecule has 0 fully saturated rings. The fourth-order valence-electron chi connectivity index (χ4n) is 1.80. The van der Waals surface area contributed by atoms with Crippen LogP contribution in [0.25, 0.3) is 0 Å². The number of carbonyl (C=O) groups excluding carboxylic acids is 1. The summed E-state index contributed by atoms with van der Waals surface area (Å²) in [6.45, 7) is 0. The zero-order valence-electron chi connectivity index (χ0n) is 10.5. The number of benzene rings is 2. The van der Waals surface area contributed by atoms with Crippen molar-refractivity contribution < 1.29 is 22.9 Å². The van der Waals surface area contributed by atoms with E-state index in [4.69, 9.17) is 0 Å². The molecule has 7 heteroatoms. The van der Waals surface area contributed by atoms with Crippen molar-refractivity contribution in [2.75, 3.05) is 0 Å². The topological polar surface area (TPSA) is 60.2 Å². The van der Waals surface area contributed by atoms with E-state index in [1.54, 1.807) is 0 Å². The van der Waals surface area contributed by atoms with Gasteiger partial charge in [-0.05, 0) is 18.2 Å². The van der Waals surface area contributed by atoms with Gasteiger partial charge in [-0.15, -0.1) is 0 Å². The molecule has 0 atom stereocenters. The predicted molar refractivity (Wildman–Crippen MR) is 67.4 cm³/mol. The van der Waals surface area contributed by atoms with E-state index in [0.717, 1.165) is 30.3 Å². The second-order valence-electron chi connectivity index (χ2n) is 4.22. The van der Waals surface area contributed by atoms with E-state index in [1.807, 2.05) is 0 Å². The Morgan fingerprint density at radius 2 is 1.67 bits per heavy atom. The monoisotopic (exact) mass is 295 g/mol. The molecule has 4 nitrogen and oxygen atoms in total. The Balaban J connectivity index is 2.31. The Kier molecular flexibility index (Phi) is 4.02. The molecule has 0 spiro atoms. The van der Waals surface area contributed by atoms with Gasteiger partial charge in [-0.2, -0.15) is 0 Å². The van der Waals surface area contributed by atoms with E-state index < -0.39 is 51.4 Å². The summed E-state index contributed by atoms with van der Waals surface area (Å²) in [5.74, 6) is -3.80. The molecule has 0 bridgehead atoms. The lowest BCUT2D eigenvalue weighted by Crippen LogP contribution is -2.09. The van der Waals surface area contributed by atoms with Gasteiger partial charge in [0.05, 0.1) is 16.6 Å². The molecule has 0 unspecified atom stereocenters. The van der Waals surface area contributed by atoms with Gasteiger partial charge in [-0.25, -0.2) is 13.2 Å². The SMILES string of the molecule is O=C(Cc1c(F)cccc1F)c1ccc([N+](=O)[O-])cc1F. The van der Waals surface area contributed by atoms with E-state index in [1.165, 1.54) is 0 Å². The maximum absolute atomic E-state index is 13.7. The fourth-order valence-corrected chi connectivity index (χ4v) is 1.80. The van der Waals surface area contributed by atoms with Gasteiger partial charge in [0.1, 0.15) is 17.5 Å². The minimum Gasteiger partial charge on any atom is -0.294 e. The molecule has 0 N–H and O–H groups in total. The Labute approximate surface area is 117 Å². The number of hydrogen-bond donors (Lipinski definition) is 0. The average Bonchev–Trinajstić information content (AvgIpc) is 2.42. The molecule has 2 aromatic rings. The van der Waals surface area contributed by atoms with Gasteiger partial charge in [0, 0.05) is 18.1 Å². The van der Waals surface area contributed by atoms with Crippen molar-refractivity contribution >= 4 is 11.5 Å². The van der Waals surface area contributed by atoms with E-state index in [0.29, 0.717) is 6.07 Å². The quantitative estimate of drug-likeness (QED) is 0.493. The summed E-state index contributed by atoms with van der Waals surface area (Å²) in [5.41, 5.74) is -1.44. The first kappa shape index (κ1) is 14.7. The van der Waals surface area contributed by atoms with Crippen LogP contribution >= 0.6 is 0 Å². The highest BCUT2D eigenvalue weighted by atomic mass is 19.1. The molecule has 0 amide bonds. The third-order valence-electron chi connectivity index (χ3n) is 2.86. The molecule has 0 aliphatic heterocycles. The van der Waals surface area contributed by atoms with Crippen LogP contribution in [0.2, 0.25) is 0 Å². The summed E-state index contributed by atoms with van der Waals surface area (Å²) in [5, 5.41) is 10.5. The number of nitrogens with zero attached hydrogens (tertiary/aromatic N) is 1. The minimum absolute atomic E-state index is 0.455. The molecule has 2 rings (SSSR count). The van der Waals surface area contributed by atoms with E-state index in [2.05, 4.69) is 0 Å². The Morgan fingerprint density at radius 1 is 1.05 bits per heavy atom. The van der Waals surface area contributed by atoms with Gasteiger partial charge >= 0.3 is 0 Å². The van der Waals surface area contributed by atoms with Gasteiger partial charge < -0.3 is 0 Å². The molecule has 21 heavy (non-hydrogen) atoms. The second-order valence-corrected chi connectivity index (χ2v) is 4.22. The van der Waals surface area contributed by atoms with Crippen molar-refractivity contribution in [3.8, 4) is 0 Å². The van der Waals surface area contributed by atoms with Gasteiger partial charge in [0.15, 0.2) is 5.78 Å². The second kappa shape index (κ2) is 5.74. The van der Waals surface area contributed by atoms with Crippen LogP contribution in [0.15, 0.2) is 36.4 Å². The zero-order valence-corrected chi connectivity index (χ0v) is 10.5. The highest BCUT2D eigenvalue weighted by Gasteiger charge is 2.19. The summed E-state index contributed by atoms with van der Waals surface area (Å²) in [6, 6.07) is 5.58. The van der Waals surface area contributed by atoms with Crippen LogP contribution in [0, 0.1) is 27.6 Å². The van der Waals surface area contributed by atoms with E-state index >= 15 is 0 Å². The van der Waals surface area contributed by atoms with Crippen LogP contribution < -0.4 is 0 Å². The first-order chi connectivity index (χ1) is 9.90. The van der Waals surface area contributed by atoms with Crippen molar-refractivity contribution in [2.24, 2.45) is 0 Å². The molecule has 2 aromatic carbocycles. The third kappa shape index (κ3) is 3.07. The minimum atomic E-state index is -1.11. The van der Waals surface area contributed by atoms with Crippen molar-refractivity contribution in [1.29, 1.82) is 0 Å². The molecule has 0 saturated heterocycles. The zero-order chi connectivity index (χ0) is 15.6. The number of Topliss-reactive ketones (excluding diaryl/α,β-unsaturated/α-hetero) is 1. The van der Waals surface area contributed by atoms with Gasteiger partial charge in [-0.1, -0.05) is 6.07 Å². The molecule has 0 heterocycles. The normalized spacial score (nSPS) is 10.4. The molecule has 0 saturated carbocycles. The number of hydrogen-bond acceptors (Lipinski definition) is 3. The summed E-state index contributed by atoms with van der Waals surface area (Å²) in [6.07, 6.45) is -0.673. The average molecular weight is 295 g/mol. The van der Waals surface area contributed by atoms with Crippen molar-refractivity contribution in [2.45, 2.75) is 6.42 Å². The highest BCUT2D eigenvalue weighted by molar-refractivity contribution is 5.98. The van der Waals surface area contributed by atoms with E-state index in [-0.39, 0.29) is 0 Å². The maximum Gasteiger partial charge on any atom is 0.272 e. The van der Waals surface area contributed by atoms with Crippen LogP contribution in [0.5, 0.6) is 0 Å². The van der Waals surface area contributed by atoms with Crippen LogP contribution in [-0.4, -0.2) is 10.7 Å². The number of nitro benzene ring substituents is 1. The van der Waals surface area contributed by atoms with Crippen LogP contribution in [0.3, 0.4) is 0 Å². The number of rotatable bonds is 4. The van der Waals surface area contributed by atoms with Gasteiger partial charge in [0.25, 0.3) is 5.69 Å². The molecule has 0 aliphatic rings. The molecule has 0 radical (unpaired) electrons. The molecule has 0 aromatic heterocycles. The van der Waals surface area contributed by atoms with Crippen LogP contribution in [0.1, 0.15) is 15.9 Å².